The predicted octanol–water partition coefficient (Wildman–Crippen LogP) is 2.70. The molecular weight excluding hydrogens is 228 g/mol. The minimum Gasteiger partial charge on any atom is -0.469 e. The second-order valence-corrected chi connectivity index (χ2v) is 4.69. The molecular formula is C15H18O3. The molecule has 0 unspecified atom stereocenters. The fourth-order valence-electron chi connectivity index (χ4n) is 2.37. The van der Waals surface area contributed by atoms with E-state index < -0.39 is 0 Å². The van der Waals surface area contributed by atoms with E-state index in [0.29, 0.717) is 0 Å². The highest BCUT2D eigenvalue weighted by Gasteiger charge is 2.13. The highest BCUT2D eigenvalue weighted by molar-refractivity contribution is 5.97. The summed E-state index contributed by atoms with van der Waals surface area (Å²) in [6.07, 6.45) is 5.01. The van der Waals surface area contributed by atoms with Gasteiger partial charge in [-0.25, -0.2) is 0 Å². The van der Waals surface area contributed by atoms with Crippen LogP contribution in [0.15, 0.2) is 18.2 Å². The lowest BCUT2D eigenvalue weighted by atomic mass is 9.89. The van der Waals surface area contributed by atoms with Gasteiger partial charge in [-0.3, -0.25) is 9.59 Å². The highest BCUT2D eigenvalue weighted by Crippen LogP contribution is 2.22. The number of Topliss-reactive ketones (excluding diaryl/α,β-unsaturated/α-hetero) is 1. The Kier molecular flexibility index (Phi) is 4.13. The van der Waals surface area contributed by atoms with Crippen molar-refractivity contribution in [2.75, 3.05) is 7.11 Å². The Morgan fingerprint density at radius 3 is 2.56 bits per heavy atom. The minimum absolute atomic E-state index is 0.0220. The summed E-state index contributed by atoms with van der Waals surface area (Å²) in [7, 11) is 1.34. The predicted molar refractivity (Wildman–Crippen MR) is 68.7 cm³/mol. The summed E-state index contributed by atoms with van der Waals surface area (Å²) in [5.74, 6) is -0.310. The molecule has 0 bridgehead atoms. The number of carbonyl (C=O) groups is 2. The molecule has 3 nitrogen and oxygen atoms in total. The van der Waals surface area contributed by atoms with E-state index >= 15 is 0 Å². The minimum atomic E-state index is -0.332. The van der Waals surface area contributed by atoms with Gasteiger partial charge in [0.15, 0.2) is 5.78 Å². The van der Waals surface area contributed by atoms with Crippen molar-refractivity contribution < 1.29 is 14.3 Å². The molecule has 0 saturated carbocycles. The van der Waals surface area contributed by atoms with Crippen LogP contribution in [-0.4, -0.2) is 18.9 Å². The number of rotatable bonds is 4. The number of benzene rings is 1. The zero-order valence-corrected chi connectivity index (χ0v) is 10.7. The fraction of sp³-hybridized carbons (Fsp3) is 0.467. The molecule has 0 aliphatic heterocycles. The molecule has 3 heteroatoms. The highest BCUT2D eigenvalue weighted by atomic mass is 16.5. The van der Waals surface area contributed by atoms with Crippen molar-refractivity contribution >= 4 is 11.8 Å². The lowest BCUT2D eigenvalue weighted by Gasteiger charge is -2.16. The smallest absolute Gasteiger partial charge is 0.305 e. The van der Waals surface area contributed by atoms with E-state index in [2.05, 4.69) is 10.8 Å². The Labute approximate surface area is 107 Å². The van der Waals surface area contributed by atoms with Gasteiger partial charge in [-0.05, 0) is 42.9 Å². The van der Waals surface area contributed by atoms with E-state index in [0.717, 1.165) is 18.4 Å². The number of ketones is 1. The molecule has 1 aliphatic carbocycles. The number of methoxy groups -OCH3 is 1. The lowest BCUT2D eigenvalue weighted by molar-refractivity contribution is -0.140. The van der Waals surface area contributed by atoms with Crippen molar-refractivity contribution in [2.24, 2.45) is 0 Å². The second-order valence-electron chi connectivity index (χ2n) is 4.69. The maximum absolute atomic E-state index is 11.9. The van der Waals surface area contributed by atoms with E-state index in [9.17, 15) is 9.59 Å². The van der Waals surface area contributed by atoms with E-state index in [-0.39, 0.29) is 24.6 Å². The van der Waals surface area contributed by atoms with Crippen LogP contribution in [0.4, 0.5) is 0 Å². The Morgan fingerprint density at radius 2 is 1.83 bits per heavy atom. The molecule has 0 saturated heterocycles. The van der Waals surface area contributed by atoms with Gasteiger partial charge < -0.3 is 4.74 Å². The SMILES string of the molecule is COC(=O)CCC(=O)c1ccc2c(c1)CCCC2. The number of aryl methyl sites for hydroxylation is 2. The maximum atomic E-state index is 11.9. The van der Waals surface area contributed by atoms with Gasteiger partial charge in [0.1, 0.15) is 0 Å². The van der Waals surface area contributed by atoms with Crippen LogP contribution in [-0.2, 0) is 22.4 Å². The van der Waals surface area contributed by atoms with Crippen molar-refractivity contribution in [3.63, 3.8) is 0 Å². The van der Waals surface area contributed by atoms with Crippen LogP contribution in [0.25, 0.3) is 0 Å². The normalized spacial score (nSPS) is 13.8. The van der Waals surface area contributed by atoms with E-state index in [1.54, 1.807) is 0 Å². The van der Waals surface area contributed by atoms with Crippen molar-refractivity contribution in [3.8, 4) is 0 Å². The maximum Gasteiger partial charge on any atom is 0.305 e. The summed E-state index contributed by atoms with van der Waals surface area (Å²) in [4.78, 5) is 22.9. The Bertz CT molecular complexity index is 463. The van der Waals surface area contributed by atoms with Crippen LogP contribution < -0.4 is 0 Å². The molecule has 1 aliphatic rings. The Balaban J connectivity index is 2.04. The zero-order valence-electron chi connectivity index (χ0n) is 10.7. The van der Waals surface area contributed by atoms with E-state index in [1.165, 1.54) is 31.1 Å². The number of fused-ring (bicyclic) bond motifs is 1. The number of ether oxygens (including phenoxy) is 1. The first-order valence-corrected chi connectivity index (χ1v) is 6.42. The summed E-state index contributed by atoms with van der Waals surface area (Å²) < 4.78 is 4.54. The average molecular weight is 246 g/mol. The zero-order chi connectivity index (χ0) is 13.0. The van der Waals surface area contributed by atoms with Crippen LogP contribution in [0.2, 0.25) is 0 Å². The molecule has 0 N–H and O–H groups in total. The molecule has 0 spiro atoms. The van der Waals surface area contributed by atoms with Gasteiger partial charge in [0.2, 0.25) is 0 Å². The third-order valence-corrected chi connectivity index (χ3v) is 3.45. The summed E-state index contributed by atoms with van der Waals surface area (Å²) in [6, 6.07) is 5.93. The molecule has 18 heavy (non-hydrogen) atoms. The van der Waals surface area contributed by atoms with Crippen molar-refractivity contribution in [3.05, 3.63) is 34.9 Å². The molecule has 0 fully saturated rings. The van der Waals surface area contributed by atoms with Crippen LogP contribution in [0, 0.1) is 0 Å². The van der Waals surface area contributed by atoms with Gasteiger partial charge in [0.25, 0.3) is 0 Å². The van der Waals surface area contributed by atoms with Crippen LogP contribution in [0.1, 0.15) is 47.2 Å². The summed E-state index contributed by atoms with van der Waals surface area (Å²) in [6.45, 7) is 0. The Hall–Kier alpha value is -1.64. The topological polar surface area (TPSA) is 43.4 Å². The summed E-state index contributed by atoms with van der Waals surface area (Å²) in [5.41, 5.74) is 3.38. The van der Waals surface area contributed by atoms with E-state index in [1.807, 2.05) is 12.1 Å². The number of esters is 1. The lowest BCUT2D eigenvalue weighted by Crippen LogP contribution is -2.08. The molecule has 0 radical (unpaired) electrons. The number of hydrogen-bond acceptors (Lipinski definition) is 3. The van der Waals surface area contributed by atoms with Gasteiger partial charge in [-0.15, -0.1) is 0 Å². The number of hydrogen-bond donors (Lipinski definition) is 0. The molecule has 0 atom stereocenters. The first kappa shape index (κ1) is 12.8. The van der Waals surface area contributed by atoms with E-state index in [4.69, 9.17) is 0 Å². The van der Waals surface area contributed by atoms with Gasteiger partial charge in [0.05, 0.1) is 13.5 Å². The third-order valence-electron chi connectivity index (χ3n) is 3.45. The van der Waals surface area contributed by atoms with Crippen molar-refractivity contribution in [1.29, 1.82) is 0 Å². The van der Waals surface area contributed by atoms with Crippen LogP contribution >= 0.6 is 0 Å². The Morgan fingerprint density at radius 1 is 1.11 bits per heavy atom. The van der Waals surface area contributed by atoms with Crippen LogP contribution in [0.3, 0.4) is 0 Å². The monoisotopic (exact) mass is 246 g/mol. The molecule has 0 heterocycles. The molecule has 96 valence electrons. The molecule has 1 aromatic rings. The standard InChI is InChI=1S/C15H18O3/c1-18-15(17)9-8-14(16)13-7-6-11-4-2-3-5-12(11)10-13/h6-7,10H,2-5,8-9H2,1H3. The molecule has 0 amide bonds. The molecule has 0 aromatic heterocycles. The average Bonchev–Trinajstić information content (AvgIpc) is 2.43. The first-order valence-electron chi connectivity index (χ1n) is 6.42. The second kappa shape index (κ2) is 5.80. The van der Waals surface area contributed by atoms with Gasteiger partial charge in [-0.2, -0.15) is 0 Å². The third kappa shape index (κ3) is 2.97. The summed E-state index contributed by atoms with van der Waals surface area (Å²) in [5, 5.41) is 0. The largest absolute Gasteiger partial charge is 0.469 e. The van der Waals surface area contributed by atoms with Gasteiger partial charge in [0, 0.05) is 12.0 Å². The molecule has 2 rings (SSSR count). The first-order chi connectivity index (χ1) is 8.70. The molecule has 1 aromatic carbocycles. The van der Waals surface area contributed by atoms with Gasteiger partial charge in [-0.1, -0.05) is 12.1 Å². The summed E-state index contributed by atoms with van der Waals surface area (Å²) >= 11 is 0. The number of carbonyl (C=O) groups excluding carboxylic acids is 2. The van der Waals surface area contributed by atoms with Crippen LogP contribution in [0.5, 0.6) is 0 Å². The fourth-order valence-corrected chi connectivity index (χ4v) is 2.37. The van der Waals surface area contributed by atoms with Crippen molar-refractivity contribution in [1.82, 2.24) is 0 Å². The van der Waals surface area contributed by atoms with Crippen molar-refractivity contribution in [2.45, 2.75) is 38.5 Å². The van der Waals surface area contributed by atoms with Gasteiger partial charge >= 0.3 is 5.97 Å². The quantitative estimate of drug-likeness (QED) is 0.606.